The maximum absolute atomic E-state index is 12.3. The summed E-state index contributed by atoms with van der Waals surface area (Å²) in [6, 6.07) is 18.1. The van der Waals surface area contributed by atoms with Crippen molar-refractivity contribution in [3.05, 3.63) is 72.2 Å². The van der Waals surface area contributed by atoms with Gasteiger partial charge in [0.2, 0.25) is 0 Å². The zero-order valence-electron chi connectivity index (χ0n) is 26.4. The smallest absolute Gasteiger partial charge is 0.407 e. The van der Waals surface area contributed by atoms with Crippen molar-refractivity contribution in [3.8, 4) is 0 Å². The number of ether oxygens (including phenoxy) is 1. The second-order valence-electron chi connectivity index (χ2n) is 12.1. The molecule has 2 aromatic heterocycles. The number of nitrogens with two attached hydrogens (primary N) is 1. The maximum Gasteiger partial charge on any atom is 0.407 e. The molecule has 5 N–H and O–H groups in total. The number of carbonyl (C=O) groups is 3. The average Bonchev–Trinajstić information content (AvgIpc) is 3.57. The van der Waals surface area contributed by atoms with E-state index in [-0.39, 0.29) is 54.5 Å². The molecule has 0 aliphatic rings. The summed E-state index contributed by atoms with van der Waals surface area (Å²) in [6.07, 6.45) is -0.496. The number of alkyl carbamates (subject to hydrolysis) is 1. The molecular weight excluding hydrogens is 584 g/mol. The van der Waals surface area contributed by atoms with Gasteiger partial charge in [-0.1, -0.05) is 64.1 Å². The van der Waals surface area contributed by atoms with Crippen LogP contribution in [0.15, 0.2) is 69.5 Å². The van der Waals surface area contributed by atoms with E-state index in [1.165, 1.54) is 0 Å². The first-order valence-electron chi connectivity index (χ1n) is 14.5. The highest BCUT2D eigenvalue weighted by molar-refractivity contribution is 5.96. The van der Waals surface area contributed by atoms with E-state index in [1.54, 1.807) is 32.9 Å². The monoisotopic (exact) mass is 628 g/mol. The third-order valence-corrected chi connectivity index (χ3v) is 6.64. The van der Waals surface area contributed by atoms with Crippen LogP contribution in [0.3, 0.4) is 0 Å². The summed E-state index contributed by atoms with van der Waals surface area (Å²) in [5.41, 5.74) is 6.69. The van der Waals surface area contributed by atoms with Gasteiger partial charge in [0.25, 0.3) is 11.8 Å². The highest BCUT2D eigenvalue weighted by atomic mass is 35.5. The van der Waals surface area contributed by atoms with E-state index in [2.05, 4.69) is 16.0 Å². The molecule has 0 aliphatic carbocycles. The number of fused-ring (bicyclic) bond motifs is 2. The predicted octanol–water partition coefficient (Wildman–Crippen LogP) is 6.28. The van der Waals surface area contributed by atoms with Crippen LogP contribution in [0, 0.1) is 11.8 Å². The molecule has 10 nitrogen and oxygen atoms in total. The van der Waals surface area contributed by atoms with Crippen LogP contribution in [0.1, 0.15) is 69.6 Å². The quantitative estimate of drug-likeness (QED) is 0.170. The van der Waals surface area contributed by atoms with Crippen molar-refractivity contribution in [3.63, 3.8) is 0 Å². The summed E-state index contributed by atoms with van der Waals surface area (Å²) in [4.78, 5) is 36.1. The topological polar surface area (TPSA) is 149 Å². The Kier molecular flexibility index (Phi) is 13.3. The Morgan fingerprint density at radius 1 is 0.773 bits per heavy atom. The fraction of sp³-hybridized carbons (Fsp3) is 0.424. The minimum Gasteiger partial charge on any atom is -0.451 e. The number of benzene rings is 2. The first-order valence-corrected chi connectivity index (χ1v) is 14.5. The zero-order chi connectivity index (χ0) is 31.7. The van der Waals surface area contributed by atoms with Gasteiger partial charge in [-0.15, -0.1) is 12.4 Å². The van der Waals surface area contributed by atoms with Crippen LogP contribution < -0.4 is 21.7 Å². The number of rotatable bonds is 9. The normalized spacial score (nSPS) is 12.6. The molecule has 4 rings (SSSR count). The molecule has 0 bridgehead atoms. The van der Waals surface area contributed by atoms with Crippen LogP contribution in [0.2, 0.25) is 0 Å². The van der Waals surface area contributed by atoms with E-state index in [9.17, 15) is 14.4 Å². The van der Waals surface area contributed by atoms with Crippen molar-refractivity contribution in [1.82, 2.24) is 16.0 Å². The Hall–Kier alpha value is -4.02. The molecule has 3 amide bonds. The van der Waals surface area contributed by atoms with Crippen LogP contribution in [-0.4, -0.2) is 48.7 Å². The zero-order valence-corrected chi connectivity index (χ0v) is 27.2. The average molecular weight is 629 g/mol. The number of hydrogen-bond acceptors (Lipinski definition) is 7. The molecule has 2 aromatic carbocycles. The Labute approximate surface area is 264 Å². The molecule has 0 saturated heterocycles. The van der Waals surface area contributed by atoms with Crippen molar-refractivity contribution in [1.29, 1.82) is 0 Å². The van der Waals surface area contributed by atoms with Gasteiger partial charge in [-0.3, -0.25) is 9.59 Å². The van der Waals surface area contributed by atoms with E-state index >= 15 is 0 Å². The summed E-state index contributed by atoms with van der Waals surface area (Å²) in [5, 5.41) is 10.2. The third kappa shape index (κ3) is 10.9. The molecule has 0 spiro atoms. The fourth-order valence-electron chi connectivity index (χ4n) is 3.92. The highest BCUT2D eigenvalue weighted by Gasteiger charge is 2.23. The van der Waals surface area contributed by atoms with Crippen LogP contribution in [-0.2, 0) is 4.74 Å². The van der Waals surface area contributed by atoms with Crippen LogP contribution in [0.5, 0.6) is 0 Å². The lowest BCUT2D eigenvalue weighted by Gasteiger charge is -2.25. The third-order valence-electron chi connectivity index (χ3n) is 6.64. The Morgan fingerprint density at radius 2 is 1.23 bits per heavy atom. The van der Waals surface area contributed by atoms with Gasteiger partial charge in [-0.05, 0) is 56.9 Å². The van der Waals surface area contributed by atoms with Crippen molar-refractivity contribution in [2.24, 2.45) is 17.6 Å². The molecule has 44 heavy (non-hydrogen) atoms. The van der Waals surface area contributed by atoms with Crippen molar-refractivity contribution in [2.45, 2.75) is 66.2 Å². The molecule has 0 radical (unpaired) electrons. The fourth-order valence-corrected chi connectivity index (χ4v) is 3.92. The molecule has 11 heteroatoms. The second kappa shape index (κ2) is 16.2. The van der Waals surface area contributed by atoms with E-state index in [4.69, 9.17) is 19.3 Å². The van der Waals surface area contributed by atoms with Crippen molar-refractivity contribution < 1.29 is 28.0 Å². The second-order valence-corrected chi connectivity index (χ2v) is 12.1. The van der Waals surface area contributed by atoms with Gasteiger partial charge >= 0.3 is 6.09 Å². The van der Waals surface area contributed by atoms with Crippen LogP contribution >= 0.6 is 12.4 Å². The van der Waals surface area contributed by atoms with Crippen molar-refractivity contribution >= 4 is 52.3 Å². The largest absolute Gasteiger partial charge is 0.451 e. The van der Waals surface area contributed by atoms with Gasteiger partial charge in [-0.25, -0.2) is 4.79 Å². The lowest BCUT2D eigenvalue weighted by atomic mass is 10.0. The van der Waals surface area contributed by atoms with Crippen LogP contribution in [0.4, 0.5) is 4.79 Å². The van der Waals surface area contributed by atoms with Crippen molar-refractivity contribution in [2.75, 3.05) is 13.1 Å². The first kappa shape index (κ1) is 36.2. The minimum atomic E-state index is -0.566. The number of furan rings is 2. The van der Waals surface area contributed by atoms with Gasteiger partial charge in [0.1, 0.15) is 16.8 Å². The SMILES string of the molecule is CC(C)[C@@H](CNC(=O)c1cc2ccccc2o1)NC(=O)OC(C)(C)C.CC(C)[C@H](N)CNC(=O)c1cc2ccccc2o1.Cl. The lowest BCUT2D eigenvalue weighted by Crippen LogP contribution is -2.48. The number of carbonyl (C=O) groups excluding carboxylic acids is 3. The standard InChI is InChI=1S/C19H26N2O4.C14H18N2O2.ClH/c1-12(2)14(21-18(23)25-19(3,4)5)11-20-17(22)16-10-13-8-6-7-9-15(13)24-16;1-9(2)11(15)8-16-14(17)13-7-10-5-3-4-6-12(10)18-13;/h6-10,12,14H,11H2,1-5H3,(H,20,22)(H,21,23);3-7,9,11H,8,15H2,1-2H3,(H,16,17);1H/t14-;11-;/m11./s1. The Morgan fingerprint density at radius 3 is 1.64 bits per heavy atom. The molecule has 240 valence electrons. The molecule has 2 atom stereocenters. The molecule has 0 unspecified atom stereocenters. The number of amides is 3. The molecule has 0 saturated carbocycles. The van der Waals surface area contributed by atoms with E-state index < -0.39 is 11.7 Å². The maximum atomic E-state index is 12.3. The number of nitrogens with one attached hydrogen (secondary N) is 3. The molecular formula is C33H45ClN4O6. The van der Waals surface area contributed by atoms with Crippen LogP contribution in [0.25, 0.3) is 21.9 Å². The summed E-state index contributed by atoms with van der Waals surface area (Å²) in [5.74, 6) is 0.507. The van der Waals surface area contributed by atoms with Gasteiger partial charge in [0.15, 0.2) is 11.5 Å². The van der Waals surface area contributed by atoms with Gasteiger partial charge in [0.05, 0.1) is 6.04 Å². The first-order chi connectivity index (χ1) is 20.2. The predicted molar refractivity (Wildman–Crippen MR) is 175 cm³/mol. The van der Waals surface area contributed by atoms with E-state index in [1.807, 2.05) is 76.2 Å². The summed E-state index contributed by atoms with van der Waals surface area (Å²) in [7, 11) is 0. The number of para-hydroxylation sites is 2. The summed E-state index contributed by atoms with van der Waals surface area (Å²) < 4.78 is 16.3. The molecule has 2 heterocycles. The van der Waals surface area contributed by atoms with Gasteiger partial charge in [0, 0.05) is 29.9 Å². The number of halogens is 1. The van der Waals surface area contributed by atoms with E-state index in [0.29, 0.717) is 23.8 Å². The van der Waals surface area contributed by atoms with Gasteiger partial charge < -0.3 is 35.3 Å². The number of hydrogen-bond donors (Lipinski definition) is 4. The van der Waals surface area contributed by atoms with Gasteiger partial charge in [-0.2, -0.15) is 0 Å². The van der Waals surface area contributed by atoms with E-state index in [0.717, 1.165) is 16.4 Å². The minimum absolute atomic E-state index is 0. The lowest BCUT2D eigenvalue weighted by molar-refractivity contribution is 0.0487. The molecule has 4 aromatic rings. The molecule has 0 aliphatic heterocycles. The Bertz CT molecular complexity index is 1460. The Balaban J connectivity index is 0.000000315. The summed E-state index contributed by atoms with van der Waals surface area (Å²) in [6.45, 7) is 14.1. The highest BCUT2D eigenvalue weighted by Crippen LogP contribution is 2.19. The molecule has 0 fully saturated rings. The summed E-state index contributed by atoms with van der Waals surface area (Å²) >= 11 is 0.